The number of nitrogens with zero attached hydrogens (tertiary/aromatic N) is 4. The molecule has 2 aromatic heterocycles. The monoisotopic (exact) mass is 365 g/mol. The van der Waals surface area contributed by atoms with E-state index in [9.17, 15) is 4.79 Å². The fourth-order valence-corrected chi connectivity index (χ4v) is 2.98. The summed E-state index contributed by atoms with van der Waals surface area (Å²) in [6.45, 7) is 3.57. The smallest absolute Gasteiger partial charge is 0.239 e. The Hall–Kier alpha value is -1.89. The quantitative estimate of drug-likeness (QED) is 0.901. The number of nitrogens with one attached hydrogen (secondary N) is 1. The van der Waals surface area contributed by atoms with Gasteiger partial charge in [-0.15, -0.1) is 0 Å². The minimum Gasteiger partial charge on any atom is -0.354 e. The van der Waals surface area contributed by atoms with Crippen LogP contribution in [0.25, 0.3) is 0 Å². The van der Waals surface area contributed by atoms with Gasteiger partial charge in [0.05, 0.1) is 16.6 Å². The van der Waals surface area contributed by atoms with Crippen LogP contribution in [0, 0.1) is 0 Å². The van der Waals surface area contributed by atoms with Gasteiger partial charge >= 0.3 is 0 Å². The molecule has 24 heavy (non-hydrogen) atoms. The minimum atomic E-state index is -0.141. The Morgan fingerprint density at radius 2 is 1.96 bits per heavy atom. The van der Waals surface area contributed by atoms with Crippen molar-refractivity contribution in [2.24, 2.45) is 0 Å². The van der Waals surface area contributed by atoms with Crippen LogP contribution in [-0.2, 0) is 4.79 Å². The molecule has 0 atom stereocenters. The largest absolute Gasteiger partial charge is 0.354 e. The number of anilines is 2. The third-order valence-electron chi connectivity index (χ3n) is 3.78. The minimum absolute atomic E-state index is 0.141. The van der Waals surface area contributed by atoms with Crippen LogP contribution in [-0.4, -0.2) is 53.5 Å². The predicted molar refractivity (Wildman–Crippen MR) is 95.8 cm³/mol. The second-order valence-corrected chi connectivity index (χ2v) is 6.33. The number of hydrogen-bond donors (Lipinski definition) is 1. The molecule has 8 heteroatoms. The number of rotatable bonds is 4. The van der Waals surface area contributed by atoms with Gasteiger partial charge in [0.1, 0.15) is 5.82 Å². The van der Waals surface area contributed by atoms with E-state index in [2.05, 4.69) is 25.1 Å². The molecule has 0 aliphatic carbocycles. The van der Waals surface area contributed by atoms with Gasteiger partial charge in [0.2, 0.25) is 5.91 Å². The van der Waals surface area contributed by atoms with E-state index in [1.807, 2.05) is 18.2 Å². The van der Waals surface area contributed by atoms with Crippen LogP contribution in [0.3, 0.4) is 0 Å². The summed E-state index contributed by atoms with van der Waals surface area (Å²) in [5.41, 5.74) is 0. The number of amides is 1. The summed E-state index contributed by atoms with van der Waals surface area (Å²) < 4.78 is 0. The van der Waals surface area contributed by atoms with E-state index in [0.29, 0.717) is 22.4 Å². The van der Waals surface area contributed by atoms with Crippen LogP contribution in [0.15, 0.2) is 36.7 Å². The molecule has 1 aliphatic heterocycles. The van der Waals surface area contributed by atoms with E-state index in [0.717, 1.165) is 32.0 Å². The molecule has 0 bridgehead atoms. The Morgan fingerprint density at radius 1 is 1.17 bits per heavy atom. The van der Waals surface area contributed by atoms with Gasteiger partial charge < -0.3 is 10.2 Å². The van der Waals surface area contributed by atoms with Crippen molar-refractivity contribution in [1.29, 1.82) is 0 Å². The van der Waals surface area contributed by atoms with Gasteiger partial charge in [-0.3, -0.25) is 9.69 Å². The summed E-state index contributed by atoms with van der Waals surface area (Å²) in [6, 6.07) is 7.43. The molecule has 0 aromatic carbocycles. The maximum Gasteiger partial charge on any atom is 0.239 e. The molecular weight excluding hydrogens is 349 g/mol. The van der Waals surface area contributed by atoms with E-state index < -0.39 is 0 Å². The van der Waals surface area contributed by atoms with Gasteiger partial charge in [-0.05, 0) is 18.2 Å². The zero-order chi connectivity index (χ0) is 16.9. The Kier molecular flexibility index (Phi) is 5.50. The summed E-state index contributed by atoms with van der Waals surface area (Å²) in [7, 11) is 0. The summed E-state index contributed by atoms with van der Waals surface area (Å²) in [6.07, 6.45) is 3.24. The third-order valence-corrected chi connectivity index (χ3v) is 4.27. The van der Waals surface area contributed by atoms with E-state index in [4.69, 9.17) is 23.2 Å². The molecule has 2 aromatic rings. The average molecular weight is 366 g/mol. The van der Waals surface area contributed by atoms with Crippen molar-refractivity contribution < 1.29 is 4.79 Å². The fourth-order valence-electron chi connectivity index (χ4n) is 2.56. The Labute approximate surface area is 150 Å². The number of halogens is 2. The van der Waals surface area contributed by atoms with Crippen LogP contribution in [0.5, 0.6) is 0 Å². The maximum absolute atomic E-state index is 12.2. The lowest BCUT2D eigenvalue weighted by molar-refractivity contribution is -0.117. The first-order valence-corrected chi connectivity index (χ1v) is 8.36. The van der Waals surface area contributed by atoms with Gasteiger partial charge in [-0.25, -0.2) is 9.97 Å². The average Bonchev–Trinajstić information content (AvgIpc) is 2.59. The van der Waals surface area contributed by atoms with Crippen LogP contribution < -0.4 is 10.2 Å². The van der Waals surface area contributed by atoms with Gasteiger partial charge in [0.25, 0.3) is 0 Å². The summed E-state index contributed by atoms with van der Waals surface area (Å²) in [5, 5.41) is 3.48. The lowest BCUT2D eigenvalue weighted by atomic mass is 10.3. The van der Waals surface area contributed by atoms with Crippen LogP contribution in [0.4, 0.5) is 11.6 Å². The zero-order valence-corrected chi connectivity index (χ0v) is 14.5. The highest BCUT2D eigenvalue weighted by molar-refractivity contribution is 6.36. The highest BCUT2D eigenvalue weighted by Crippen LogP contribution is 2.22. The van der Waals surface area contributed by atoms with Crippen molar-refractivity contribution in [3.8, 4) is 0 Å². The fraction of sp³-hybridized carbons (Fsp3) is 0.312. The Morgan fingerprint density at radius 3 is 2.62 bits per heavy atom. The highest BCUT2D eigenvalue weighted by atomic mass is 35.5. The Balaban J connectivity index is 1.50. The van der Waals surface area contributed by atoms with Crippen LogP contribution in [0.2, 0.25) is 10.0 Å². The summed E-state index contributed by atoms with van der Waals surface area (Å²) >= 11 is 11.8. The zero-order valence-electron chi connectivity index (χ0n) is 13.0. The SMILES string of the molecule is O=C(CN1CCN(c2ccccn2)CC1)Nc1ncc(Cl)cc1Cl. The topological polar surface area (TPSA) is 61.4 Å². The van der Waals surface area contributed by atoms with Crippen LogP contribution in [0.1, 0.15) is 0 Å². The van der Waals surface area contributed by atoms with E-state index in [1.54, 1.807) is 12.3 Å². The van der Waals surface area contributed by atoms with E-state index >= 15 is 0 Å². The van der Waals surface area contributed by atoms with E-state index in [-0.39, 0.29) is 5.91 Å². The molecule has 1 amide bonds. The highest BCUT2D eigenvalue weighted by Gasteiger charge is 2.20. The van der Waals surface area contributed by atoms with Gasteiger partial charge in [-0.2, -0.15) is 0 Å². The molecule has 6 nitrogen and oxygen atoms in total. The normalized spacial score (nSPS) is 15.3. The van der Waals surface area contributed by atoms with Crippen molar-refractivity contribution in [1.82, 2.24) is 14.9 Å². The predicted octanol–water partition coefficient (Wildman–Crippen LogP) is 2.54. The van der Waals surface area contributed by atoms with Gasteiger partial charge in [0, 0.05) is 38.6 Å². The van der Waals surface area contributed by atoms with Gasteiger partial charge in [0.15, 0.2) is 5.82 Å². The van der Waals surface area contributed by atoms with Gasteiger partial charge in [-0.1, -0.05) is 29.3 Å². The van der Waals surface area contributed by atoms with Crippen molar-refractivity contribution in [2.45, 2.75) is 0 Å². The standard InChI is InChI=1S/C16H17Cl2N5O/c17-12-9-13(18)16(20-10-12)21-15(24)11-22-5-7-23(8-6-22)14-3-1-2-4-19-14/h1-4,9-10H,5-8,11H2,(H,20,21,24). The molecule has 0 radical (unpaired) electrons. The molecule has 126 valence electrons. The second kappa shape index (κ2) is 7.79. The van der Waals surface area contributed by atoms with Crippen molar-refractivity contribution >= 4 is 40.7 Å². The molecular formula is C16H17Cl2N5O. The lowest BCUT2D eigenvalue weighted by Crippen LogP contribution is -2.48. The Bertz CT molecular complexity index is 705. The number of carbonyl (C=O) groups excluding carboxylic acids is 1. The van der Waals surface area contributed by atoms with Crippen molar-refractivity contribution in [3.63, 3.8) is 0 Å². The second-order valence-electron chi connectivity index (χ2n) is 5.48. The maximum atomic E-state index is 12.2. The molecule has 1 N–H and O–H groups in total. The first-order valence-electron chi connectivity index (χ1n) is 7.61. The molecule has 1 aliphatic rings. The molecule has 1 saturated heterocycles. The van der Waals surface area contributed by atoms with Crippen molar-refractivity contribution in [2.75, 3.05) is 42.9 Å². The molecule has 3 rings (SSSR count). The van der Waals surface area contributed by atoms with Crippen LogP contribution >= 0.6 is 23.2 Å². The number of aromatic nitrogens is 2. The summed E-state index contributed by atoms with van der Waals surface area (Å²) in [4.78, 5) is 24.9. The number of carbonyl (C=O) groups is 1. The number of pyridine rings is 2. The first-order chi connectivity index (χ1) is 11.6. The summed E-state index contributed by atoms with van der Waals surface area (Å²) in [5.74, 6) is 1.16. The molecule has 3 heterocycles. The lowest BCUT2D eigenvalue weighted by Gasteiger charge is -2.34. The first kappa shape index (κ1) is 17.0. The molecule has 1 fully saturated rings. The molecule has 0 spiro atoms. The number of piperazine rings is 1. The van der Waals surface area contributed by atoms with E-state index in [1.165, 1.54) is 6.20 Å². The third kappa shape index (κ3) is 4.35. The van der Waals surface area contributed by atoms with Crippen molar-refractivity contribution in [3.05, 3.63) is 46.7 Å². The number of hydrogen-bond acceptors (Lipinski definition) is 5. The molecule has 0 unspecified atom stereocenters. The molecule has 0 saturated carbocycles.